The molecular formula is C17H23BrN2O4S. The van der Waals surface area contributed by atoms with E-state index >= 15 is 0 Å². The van der Waals surface area contributed by atoms with Crippen molar-refractivity contribution in [2.75, 3.05) is 44.3 Å². The van der Waals surface area contributed by atoms with Gasteiger partial charge in [0.25, 0.3) is 0 Å². The lowest BCUT2D eigenvalue weighted by atomic mass is 10.2. The van der Waals surface area contributed by atoms with Crippen LogP contribution in [0, 0.1) is 0 Å². The lowest BCUT2D eigenvalue weighted by Crippen LogP contribution is -2.56. The molecule has 2 heterocycles. The Morgan fingerprint density at radius 3 is 2.56 bits per heavy atom. The van der Waals surface area contributed by atoms with Crippen molar-refractivity contribution in [3.63, 3.8) is 0 Å². The lowest BCUT2D eigenvalue weighted by molar-refractivity contribution is -0.134. The average Bonchev–Trinajstić information content (AvgIpc) is 2.53. The molecule has 0 spiro atoms. The van der Waals surface area contributed by atoms with Gasteiger partial charge in [0.15, 0.2) is 9.84 Å². The van der Waals surface area contributed by atoms with Crippen molar-refractivity contribution >= 4 is 37.4 Å². The Morgan fingerprint density at radius 2 is 1.92 bits per heavy atom. The van der Waals surface area contributed by atoms with Crippen molar-refractivity contribution in [2.24, 2.45) is 0 Å². The van der Waals surface area contributed by atoms with Gasteiger partial charge in [-0.2, -0.15) is 0 Å². The molecule has 1 aromatic rings. The number of sulfone groups is 1. The molecular weight excluding hydrogens is 408 g/mol. The second-order valence-corrected chi connectivity index (χ2v) is 9.60. The summed E-state index contributed by atoms with van der Waals surface area (Å²) in [5.74, 6) is 0.0391. The molecule has 0 saturated carbocycles. The Hall–Kier alpha value is -1.12. The first kappa shape index (κ1) is 18.7. The maximum Gasteiger partial charge on any atom is 0.222 e. The molecule has 0 N–H and O–H groups in total. The minimum absolute atomic E-state index is 0.0391. The van der Waals surface area contributed by atoms with Crippen molar-refractivity contribution < 1.29 is 17.9 Å². The molecule has 3 rings (SSSR count). The summed E-state index contributed by atoms with van der Waals surface area (Å²) in [7, 11) is -3.45. The molecule has 0 aromatic heterocycles. The molecule has 6 nitrogen and oxygen atoms in total. The standard InChI is InChI=1S/C17H23BrN2O4S/c1-2-3-17(21)20-11-16(12-20)25(22,23)15-9-13(18)8-14(10-15)19-4-6-24-7-5-19/h8-10,16H,2-7,11-12H2,1H3. The van der Waals surface area contributed by atoms with Gasteiger partial charge in [0.2, 0.25) is 5.91 Å². The van der Waals surface area contributed by atoms with Crippen molar-refractivity contribution in [3.05, 3.63) is 22.7 Å². The molecule has 2 aliphatic heterocycles. The fraction of sp³-hybridized carbons (Fsp3) is 0.588. The molecule has 0 bridgehead atoms. The Labute approximate surface area is 157 Å². The van der Waals surface area contributed by atoms with Crippen molar-refractivity contribution in [3.8, 4) is 0 Å². The van der Waals surface area contributed by atoms with E-state index in [4.69, 9.17) is 4.74 Å². The minimum Gasteiger partial charge on any atom is -0.378 e. The molecule has 1 aromatic carbocycles. The maximum atomic E-state index is 12.9. The van der Waals surface area contributed by atoms with Crippen molar-refractivity contribution in [1.29, 1.82) is 0 Å². The zero-order valence-electron chi connectivity index (χ0n) is 14.3. The molecule has 0 aliphatic carbocycles. The third kappa shape index (κ3) is 4.01. The van der Waals surface area contributed by atoms with Gasteiger partial charge >= 0.3 is 0 Å². The number of nitrogens with zero attached hydrogens (tertiary/aromatic N) is 2. The summed E-state index contributed by atoms with van der Waals surface area (Å²) in [4.78, 5) is 15.9. The first-order chi connectivity index (χ1) is 11.9. The van der Waals surface area contributed by atoms with Gasteiger partial charge in [-0.05, 0) is 24.6 Å². The number of benzene rings is 1. The Bertz CT molecular complexity index is 741. The first-order valence-corrected chi connectivity index (χ1v) is 10.9. The molecule has 2 saturated heterocycles. The van der Waals surface area contributed by atoms with E-state index in [1.807, 2.05) is 13.0 Å². The number of hydrogen-bond acceptors (Lipinski definition) is 5. The maximum absolute atomic E-state index is 12.9. The summed E-state index contributed by atoms with van der Waals surface area (Å²) >= 11 is 3.43. The number of hydrogen-bond donors (Lipinski definition) is 0. The number of ether oxygens (including phenoxy) is 1. The summed E-state index contributed by atoms with van der Waals surface area (Å²) in [6.07, 6.45) is 1.26. The van der Waals surface area contributed by atoms with E-state index in [1.54, 1.807) is 17.0 Å². The number of halogens is 1. The quantitative estimate of drug-likeness (QED) is 0.714. The summed E-state index contributed by atoms with van der Waals surface area (Å²) in [6.45, 7) is 5.32. The summed E-state index contributed by atoms with van der Waals surface area (Å²) in [6, 6.07) is 5.32. The third-order valence-electron chi connectivity index (χ3n) is 4.66. The van der Waals surface area contributed by atoms with Gasteiger partial charge in [0.05, 0.1) is 18.1 Å². The fourth-order valence-electron chi connectivity index (χ4n) is 3.12. The summed E-state index contributed by atoms with van der Waals surface area (Å²) in [5.41, 5.74) is 0.884. The van der Waals surface area contributed by atoms with E-state index in [0.29, 0.717) is 37.6 Å². The summed E-state index contributed by atoms with van der Waals surface area (Å²) in [5, 5.41) is -0.514. The zero-order valence-corrected chi connectivity index (χ0v) is 16.7. The van der Waals surface area contributed by atoms with Crippen molar-refractivity contribution in [1.82, 2.24) is 4.90 Å². The molecule has 2 fully saturated rings. The Morgan fingerprint density at radius 1 is 1.24 bits per heavy atom. The third-order valence-corrected chi connectivity index (χ3v) is 7.19. The summed E-state index contributed by atoms with van der Waals surface area (Å²) < 4.78 is 32.0. The van der Waals surface area contributed by atoms with E-state index < -0.39 is 15.1 Å². The molecule has 0 radical (unpaired) electrons. The smallest absolute Gasteiger partial charge is 0.222 e. The van der Waals surface area contributed by atoms with Crippen LogP contribution in [0.5, 0.6) is 0 Å². The molecule has 25 heavy (non-hydrogen) atoms. The topological polar surface area (TPSA) is 66.9 Å². The number of rotatable bonds is 5. The monoisotopic (exact) mass is 430 g/mol. The minimum atomic E-state index is -3.45. The Kier molecular flexibility index (Phi) is 5.70. The SMILES string of the molecule is CCCC(=O)N1CC(S(=O)(=O)c2cc(Br)cc(N3CCOCC3)c2)C1. The van der Waals surface area contributed by atoms with Crippen LogP contribution in [0.15, 0.2) is 27.6 Å². The first-order valence-electron chi connectivity index (χ1n) is 8.56. The highest BCUT2D eigenvalue weighted by molar-refractivity contribution is 9.10. The van der Waals surface area contributed by atoms with Crippen LogP contribution in [-0.4, -0.2) is 63.9 Å². The van der Waals surface area contributed by atoms with E-state index in [2.05, 4.69) is 20.8 Å². The van der Waals surface area contributed by atoms with Crippen molar-refractivity contribution in [2.45, 2.75) is 29.9 Å². The number of carbonyl (C=O) groups is 1. The van der Waals surface area contributed by atoms with Crippen LogP contribution >= 0.6 is 15.9 Å². The number of anilines is 1. The van der Waals surface area contributed by atoms with E-state index in [9.17, 15) is 13.2 Å². The molecule has 0 unspecified atom stereocenters. The highest BCUT2D eigenvalue weighted by atomic mass is 79.9. The Balaban J connectivity index is 1.76. The number of likely N-dealkylation sites (tertiary alicyclic amines) is 1. The predicted octanol–water partition coefficient (Wildman–Crippen LogP) is 2.07. The normalized spacial score (nSPS) is 19.0. The largest absolute Gasteiger partial charge is 0.378 e. The van der Waals surface area contributed by atoms with E-state index in [0.717, 1.165) is 29.7 Å². The molecule has 138 valence electrons. The van der Waals surface area contributed by atoms with Gasteiger partial charge in [0.1, 0.15) is 5.25 Å². The van der Waals surface area contributed by atoms with Gasteiger partial charge in [-0.1, -0.05) is 22.9 Å². The number of amides is 1. The van der Waals surface area contributed by atoms with Crippen LogP contribution < -0.4 is 4.90 Å². The number of carbonyl (C=O) groups excluding carboxylic acids is 1. The van der Waals surface area contributed by atoms with Gasteiger partial charge in [-0.15, -0.1) is 0 Å². The predicted molar refractivity (Wildman–Crippen MR) is 99.6 cm³/mol. The fourth-order valence-corrected chi connectivity index (χ4v) is 5.47. The average molecular weight is 431 g/mol. The van der Waals surface area contributed by atoms with Gasteiger partial charge in [0, 0.05) is 42.8 Å². The van der Waals surface area contributed by atoms with Crippen LogP contribution in [0.3, 0.4) is 0 Å². The van der Waals surface area contributed by atoms with Crippen LogP contribution in [0.1, 0.15) is 19.8 Å². The highest BCUT2D eigenvalue weighted by Crippen LogP contribution is 2.30. The van der Waals surface area contributed by atoms with E-state index in [1.165, 1.54) is 0 Å². The second-order valence-electron chi connectivity index (χ2n) is 6.46. The molecule has 2 aliphatic rings. The molecule has 1 amide bonds. The van der Waals surface area contributed by atoms with E-state index in [-0.39, 0.29) is 5.91 Å². The van der Waals surface area contributed by atoms with Crippen LogP contribution in [-0.2, 0) is 19.4 Å². The van der Waals surface area contributed by atoms with Gasteiger partial charge < -0.3 is 14.5 Å². The van der Waals surface area contributed by atoms with Gasteiger partial charge in [-0.3, -0.25) is 4.79 Å². The second kappa shape index (κ2) is 7.63. The van der Waals surface area contributed by atoms with Crippen LogP contribution in [0.25, 0.3) is 0 Å². The number of morpholine rings is 1. The van der Waals surface area contributed by atoms with Crippen LogP contribution in [0.2, 0.25) is 0 Å². The zero-order chi connectivity index (χ0) is 18.0. The van der Waals surface area contributed by atoms with Crippen LogP contribution in [0.4, 0.5) is 5.69 Å². The molecule has 0 atom stereocenters. The highest BCUT2D eigenvalue weighted by Gasteiger charge is 2.40. The van der Waals surface area contributed by atoms with Gasteiger partial charge in [-0.25, -0.2) is 8.42 Å². The lowest BCUT2D eigenvalue weighted by Gasteiger charge is -2.39. The molecule has 8 heteroatoms.